The van der Waals surface area contributed by atoms with Gasteiger partial charge in [-0.25, -0.2) is 4.98 Å². The zero-order chi connectivity index (χ0) is 24.8. The van der Waals surface area contributed by atoms with Crippen molar-refractivity contribution in [1.29, 1.82) is 0 Å². The Hall–Kier alpha value is -5.17. The molecule has 0 radical (unpaired) electrons. The number of imidazole rings is 2. The monoisotopic (exact) mass is 489 g/mol. The Balaban J connectivity index is 1.27. The first kappa shape index (κ1) is 20.0. The van der Waals surface area contributed by atoms with Crippen LogP contribution in [0, 0.1) is 0 Å². The van der Waals surface area contributed by atoms with Crippen molar-refractivity contribution in [2.45, 2.75) is 0 Å². The maximum absolute atomic E-state index is 6.52. The molecule has 0 aliphatic carbocycles. The van der Waals surface area contributed by atoms with Gasteiger partial charge in [0.1, 0.15) is 5.75 Å². The van der Waals surface area contributed by atoms with E-state index < -0.39 is 0 Å². The lowest BCUT2D eigenvalue weighted by Gasteiger charge is -2.23. The molecule has 2 aliphatic rings. The summed E-state index contributed by atoms with van der Waals surface area (Å²) in [4.78, 5) is 9.61. The summed E-state index contributed by atoms with van der Waals surface area (Å²) in [7, 11) is -0.282. The van der Waals surface area contributed by atoms with Crippen LogP contribution < -0.4 is 14.3 Å². The standard InChI is InChI=1S/C31H20BN5O/c1-2-13-24-23(12-1)33-31-34(25-14-3-4-15-26(25)35(24)31)21-10-9-11-22(20-21)36-27-16-5-6-17-28(27)37-29-18-7-8-19-30(29)38-32(36)37/h1-20H. The zero-order valence-corrected chi connectivity index (χ0v) is 20.3. The fraction of sp³-hybridized carbons (Fsp3) is 0. The smallest absolute Gasteiger partial charge is 0.521 e. The molecule has 2 aliphatic heterocycles. The van der Waals surface area contributed by atoms with Crippen molar-refractivity contribution >= 4 is 57.8 Å². The molecule has 7 aromatic rings. The first-order valence-corrected chi connectivity index (χ1v) is 12.8. The highest BCUT2D eigenvalue weighted by atomic mass is 16.5. The Morgan fingerprint density at radius 2 is 1.21 bits per heavy atom. The third-order valence-corrected chi connectivity index (χ3v) is 7.67. The zero-order valence-electron chi connectivity index (χ0n) is 20.3. The Bertz CT molecular complexity index is 2060. The average molecular weight is 489 g/mol. The SMILES string of the molecule is c1cc(N2B3Oc4ccccc4N3c3ccccc32)cc(-n2c3ccccc3n3c4ccccc4nc23)c1. The molecule has 2 aromatic heterocycles. The van der Waals surface area contributed by atoms with Gasteiger partial charge in [-0.1, -0.05) is 54.6 Å². The second kappa shape index (κ2) is 7.20. The summed E-state index contributed by atoms with van der Waals surface area (Å²) in [5.41, 5.74) is 9.80. The van der Waals surface area contributed by atoms with Gasteiger partial charge in [0, 0.05) is 5.69 Å². The molecule has 0 bridgehead atoms. The maximum Gasteiger partial charge on any atom is 0.628 e. The summed E-state index contributed by atoms with van der Waals surface area (Å²) in [5, 5.41) is 0. The van der Waals surface area contributed by atoms with Crippen LogP contribution in [0.3, 0.4) is 0 Å². The summed E-state index contributed by atoms with van der Waals surface area (Å²) in [6, 6.07) is 42.2. The molecular formula is C31H20BN5O. The van der Waals surface area contributed by atoms with Crippen LogP contribution in [0.25, 0.3) is 33.5 Å². The van der Waals surface area contributed by atoms with E-state index in [1.807, 2.05) is 18.2 Å². The van der Waals surface area contributed by atoms with Crippen molar-refractivity contribution in [2.24, 2.45) is 0 Å². The van der Waals surface area contributed by atoms with Crippen molar-refractivity contribution in [3.8, 4) is 11.4 Å². The molecule has 178 valence electrons. The van der Waals surface area contributed by atoms with Gasteiger partial charge in [0.2, 0.25) is 5.78 Å². The lowest BCUT2D eigenvalue weighted by atomic mass is 9.96. The van der Waals surface area contributed by atoms with E-state index in [2.05, 4.69) is 122 Å². The van der Waals surface area contributed by atoms with Crippen LogP contribution in [-0.4, -0.2) is 21.1 Å². The first-order valence-electron chi connectivity index (χ1n) is 12.8. The van der Waals surface area contributed by atoms with Gasteiger partial charge in [0.05, 0.1) is 44.8 Å². The second-order valence-corrected chi connectivity index (χ2v) is 9.72. The molecule has 0 atom stereocenters. The van der Waals surface area contributed by atoms with Crippen LogP contribution in [-0.2, 0) is 0 Å². The molecule has 0 fully saturated rings. The molecule has 38 heavy (non-hydrogen) atoms. The van der Waals surface area contributed by atoms with E-state index in [9.17, 15) is 0 Å². The molecule has 0 spiro atoms. The van der Waals surface area contributed by atoms with E-state index >= 15 is 0 Å². The molecular weight excluding hydrogens is 469 g/mol. The van der Waals surface area contributed by atoms with Crippen molar-refractivity contribution < 1.29 is 4.65 Å². The van der Waals surface area contributed by atoms with Gasteiger partial charge in [-0.3, -0.25) is 8.97 Å². The van der Waals surface area contributed by atoms with Crippen molar-refractivity contribution in [2.75, 3.05) is 9.62 Å². The number of anilines is 4. The maximum atomic E-state index is 6.52. The minimum absolute atomic E-state index is 0.282. The Morgan fingerprint density at radius 3 is 2.08 bits per heavy atom. The van der Waals surface area contributed by atoms with Gasteiger partial charge in [-0.15, -0.1) is 0 Å². The van der Waals surface area contributed by atoms with E-state index in [1.165, 1.54) is 0 Å². The van der Waals surface area contributed by atoms with Gasteiger partial charge >= 0.3 is 7.19 Å². The highest BCUT2D eigenvalue weighted by molar-refractivity contribution is 6.70. The lowest BCUT2D eigenvalue weighted by Crippen LogP contribution is -2.44. The molecule has 9 rings (SSSR count). The third kappa shape index (κ3) is 2.50. The van der Waals surface area contributed by atoms with Gasteiger partial charge in [-0.2, -0.15) is 0 Å². The molecule has 0 amide bonds. The topological polar surface area (TPSA) is 37.9 Å². The van der Waals surface area contributed by atoms with Gasteiger partial charge in [0.15, 0.2) is 0 Å². The number of aromatic nitrogens is 3. The van der Waals surface area contributed by atoms with Gasteiger partial charge in [0.25, 0.3) is 0 Å². The molecule has 7 heteroatoms. The molecule has 6 nitrogen and oxygen atoms in total. The fourth-order valence-corrected chi connectivity index (χ4v) is 6.10. The van der Waals surface area contributed by atoms with Crippen LogP contribution in [0.15, 0.2) is 121 Å². The summed E-state index contributed by atoms with van der Waals surface area (Å²) >= 11 is 0. The Morgan fingerprint density at radius 1 is 0.553 bits per heavy atom. The van der Waals surface area contributed by atoms with Gasteiger partial charge in [-0.05, 0) is 66.7 Å². The number of nitrogens with zero attached hydrogens (tertiary/aromatic N) is 5. The molecule has 5 aromatic carbocycles. The predicted octanol–water partition coefficient (Wildman–Crippen LogP) is 7.10. The average Bonchev–Trinajstić information content (AvgIpc) is 3.69. The van der Waals surface area contributed by atoms with Crippen molar-refractivity contribution in [3.63, 3.8) is 0 Å². The second-order valence-electron chi connectivity index (χ2n) is 9.72. The number of benzene rings is 5. The molecule has 0 N–H and O–H groups in total. The first-order chi connectivity index (χ1) is 18.9. The minimum atomic E-state index is -0.282. The van der Waals surface area contributed by atoms with Crippen molar-refractivity contribution in [3.05, 3.63) is 121 Å². The van der Waals surface area contributed by atoms with Crippen LogP contribution >= 0.6 is 0 Å². The summed E-state index contributed by atoms with van der Waals surface area (Å²) in [6.07, 6.45) is 0. The van der Waals surface area contributed by atoms with Crippen LogP contribution in [0.2, 0.25) is 0 Å². The van der Waals surface area contributed by atoms with Gasteiger partial charge < -0.3 is 14.3 Å². The van der Waals surface area contributed by atoms with Crippen molar-refractivity contribution in [1.82, 2.24) is 14.0 Å². The largest absolute Gasteiger partial charge is 0.628 e. The molecule has 0 unspecified atom stereocenters. The number of rotatable bonds is 2. The highest BCUT2D eigenvalue weighted by Gasteiger charge is 2.51. The Labute approximate surface area is 218 Å². The quantitative estimate of drug-likeness (QED) is 0.243. The number of para-hydroxylation sites is 8. The van der Waals surface area contributed by atoms with Crippen LogP contribution in [0.1, 0.15) is 0 Å². The fourth-order valence-electron chi connectivity index (χ4n) is 6.10. The van der Waals surface area contributed by atoms with E-state index in [-0.39, 0.29) is 7.19 Å². The highest BCUT2D eigenvalue weighted by Crippen LogP contribution is 2.52. The normalized spacial score (nSPS) is 13.8. The van der Waals surface area contributed by atoms with E-state index in [0.717, 1.165) is 62.0 Å². The van der Waals surface area contributed by atoms with E-state index in [0.29, 0.717) is 0 Å². The van der Waals surface area contributed by atoms with Crippen LogP contribution in [0.4, 0.5) is 22.7 Å². The number of hydrogen-bond donors (Lipinski definition) is 0. The molecule has 4 heterocycles. The summed E-state index contributed by atoms with van der Waals surface area (Å²) < 4.78 is 11.0. The molecule has 0 saturated carbocycles. The third-order valence-electron chi connectivity index (χ3n) is 7.67. The number of fused-ring (bicyclic) bond motifs is 10. The van der Waals surface area contributed by atoms with E-state index in [4.69, 9.17) is 9.64 Å². The summed E-state index contributed by atoms with van der Waals surface area (Å²) in [6.45, 7) is 0. The predicted molar refractivity (Wildman–Crippen MR) is 153 cm³/mol. The lowest BCUT2D eigenvalue weighted by molar-refractivity contribution is 0.592. The van der Waals surface area contributed by atoms with Crippen LogP contribution in [0.5, 0.6) is 5.75 Å². The molecule has 0 saturated heterocycles. The Kier molecular flexibility index (Phi) is 3.78. The van der Waals surface area contributed by atoms with E-state index in [1.54, 1.807) is 0 Å². The number of hydrogen-bond acceptors (Lipinski definition) is 4. The minimum Gasteiger partial charge on any atom is -0.521 e. The summed E-state index contributed by atoms with van der Waals surface area (Å²) in [5.74, 6) is 1.80.